The summed E-state index contributed by atoms with van der Waals surface area (Å²) in [5, 5.41) is 4.76. The molecule has 0 aliphatic carbocycles. The van der Waals surface area contributed by atoms with E-state index in [0.717, 1.165) is 19.3 Å². The number of carbonyl (C=O) groups is 1. The molecule has 1 rings (SSSR count). The number of rotatable bonds is 5. The minimum Gasteiger partial charge on any atom is -0.444 e. The zero-order chi connectivity index (χ0) is 16.1. The summed E-state index contributed by atoms with van der Waals surface area (Å²) in [7, 11) is -3.86. The van der Waals surface area contributed by atoms with Gasteiger partial charge in [-0.2, -0.15) is 8.42 Å². The van der Waals surface area contributed by atoms with Crippen molar-refractivity contribution in [3.05, 3.63) is 0 Å². The Kier molecular flexibility index (Phi) is 6.42. The molecule has 1 atom stereocenters. The van der Waals surface area contributed by atoms with Gasteiger partial charge < -0.3 is 9.64 Å². The first-order valence-corrected chi connectivity index (χ1v) is 8.69. The largest absolute Gasteiger partial charge is 0.444 e. The molecule has 0 spiro atoms. The fraction of sp³-hybridized carbons (Fsp3) is 0.923. The minimum absolute atomic E-state index is 0.0851. The Labute approximate surface area is 127 Å². The molecule has 0 saturated carbocycles. The Balaban J connectivity index is 2.33. The molecule has 0 radical (unpaired) electrons. The summed E-state index contributed by atoms with van der Waals surface area (Å²) in [6.45, 7) is 6.97. The van der Waals surface area contributed by atoms with Gasteiger partial charge in [0.15, 0.2) is 0 Å². The molecule has 8 heteroatoms. The maximum absolute atomic E-state index is 12.0. The molecule has 0 aromatic heterocycles. The van der Waals surface area contributed by atoms with Crippen LogP contribution in [0, 0.1) is 5.92 Å². The second kappa shape index (κ2) is 7.42. The number of amides is 1. The number of hydrogen-bond donors (Lipinski definition) is 1. The van der Waals surface area contributed by atoms with Gasteiger partial charge in [0, 0.05) is 13.1 Å². The molecule has 1 heterocycles. The van der Waals surface area contributed by atoms with Crippen LogP contribution in [0.15, 0.2) is 0 Å². The maximum Gasteiger partial charge on any atom is 0.410 e. The van der Waals surface area contributed by atoms with E-state index in [1.165, 1.54) is 0 Å². The van der Waals surface area contributed by atoms with Gasteiger partial charge >= 0.3 is 16.4 Å². The predicted octanol–water partition coefficient (Wildman–Crippen LogP) is 1.63. The monoisotopic (exact) mass is 322 g/mol. The fourth-order valence-electron chi connectivity index (χ4n) is 2.34. The molecule has 0 bridgehead atoms. The van der Waals surface area contributed by atoms with Crippen LogP contribution < -0.4 is 5.14 Å². The van der Waals surface area contributed by atoms with Gasteiger partial charge in [0.25, 0.3) is 0 Å². The molecule has 1 fully saturated rings. The number of nitrogens with zero attached hydrogens (tertiary/aromatic N) is 1. The summed E-state index contributed by atoms with van der Waals surface area (Å²) < 4.78 is 31.2. The van der Waals surface area contributed by atoms with Crippen LogP contribution in [0.1, 0.15) is 46.5 Å². The van der Waals surface area contributed by atoms with Gasteiger partial charge in [0.1, 0.15) is 5.60 Å². The quantitative estimate of drug-likeness (QED) is 0.776. The third-order valence-corrected chi connectivity index (χ3v) is 3.67. The van der Waals surface area contributed by atoms with Crippen LogP contribution in [-0.2, 0) is 19.2 Å². The van der Waals surface area contributed by atoms with Gasteiger partial charge in [-0.25, -0.2) is 9.93 Å². The number of likely N-dealkylation sites (tertiary alicyclic amines) is 1. The lowest BCUT2D eigenvalue weighted by Crippen LogP contribution is -2.42. The smallest absolute Gasteiger partial charge is 0.410 e. The van der Waals surface area contributed by atoms with E-state index in [0.29, 0.717) is 25.4 Å². The van der Waals surface area contributed by atoms with E-state index in [1.54, 1.807) is 4.90 Å². The molecular formula is C13H26N2O5S. The minimum atomic E-state index is -3.86. The van der Waals surface area contributed by atoms with Crippen molar-refractivity contribution in [3.63, 3.8) is 0 Å². The van der Waals surface area contributed by atoms with Crippen molar-refractivity contribution in [1.82, 2.24) is 4.90 Å². The van der Waals surface area contributed by atoms with Gasteiger partial charge in [0.05, 0.1) is 6.61 Å². The van der Waals surface area contributed by atoms with Gasteiger partial charge in [-0.15, -0.1) is 0 Å². The number of ether oxygens (including phenoxy) is 1. The molecule has 1 amide bonds. The van der Waals surface area contributed by atoms with Crippen LogP contribution in [0.4, 0.5) is 4.79 Å². The SMILES string of the molecule is CC(C)(C)OC(=O)N1CCCC(CCCOS(N)(=O)=O)C1. The van der Waals surface area contributed by atoms with E-state index in [2.05, 4.69) is 4.18 Å². The molecule has 2 N–H and O–H groups in total. The number of hydrogen-bond acceptors (Lipinski definition) is 5. The fourth-order valence-corrected chi connectivity index (χ4v) is 2.69. The van der Waals surface area contributed by atoms with Crippen molar-refractivity contribution in [1.29, 1.82) is 0 Å². The molecule has 124 valence electrons. The number of piperidine rings is 1. The van der Waals surface area contributed by atoms with E-state index in [4.69, 9.17) is 9.88 Å². The van der Waals surface area contributed by atoms with Crippen LogP contribution >= 0.6 is 0 Å². The van der Waals surface area contributed by atoms with E-state index in [9.17, 15) is 13.2 Å². The van der Waals surface area contributed by atoms with Crippen LogP contribution in [-0.4, -0.2) is 44.7 Å². The lowest BCUT2D eigenvalue weighted by molar-refractivity contribution is 0.0159. The normalized spacial score (nSPS) is 20.4. The molecule has 7 nitrogen and oxygen atoms in total. The average Bonchev–Trinajstić information content (AvgIpc) is 2.32. The van der Waals surface area contributed by atoms with Gasteiger partial charge in [-0.3, -0.25) is 4.18 Å². The van der Waals surface area contributed by atoms with Crippen molar-refractivity contribution in [3.8, 4) is 0 Å². The molecule has 0 aromatic carbocycles. The second-order valence-electron chi connectivity index (χ2n) is 6.39. The van der Waals surface area contributed by atoms with Crippen molar-refractivity contribution in [2.75, 3.05) is 19.7 Å². The summed E-state index contributed by atoms with van der Waals surface area (Å²) in [5.41, 5.74) is -0.493. The molecule has 1 aliphatic heterocycles. The molecule has 21 heavy (non-hydrogen) atoms. The highest BCUT2D eigenvalue weighted by molar-refractivity contribution is 7.84. The summed E-state index contributed by atoms with van der Waals surface area (Å²) >= 11 is 0. The third kappa shape index (κ3) is 8.23. The summed E-state index contributed by atoms with van der Waals surface area (Å²) in [6.07, 6.45) is 3.07. The van der Waals surface area contributed by atoms with Crippen molar-refractivity contribution in [2.45, 2.75) is 52.1 Å². The lowest BCUT2D eigenvalue weighted by atomic mass is 9.94. The van der Waals surface area contributed by atoms with Gasteiger partial charge in [-0.05, 0) is 52.4 Å². The number of carbonyl (C=O) groups excluding carboxylic acids is 1. The highest BCUT2D eigenvalue weighted by atomic mass is 32.2. The predicted molar refractivity (Wildman–Crippen MR) is 78.8 cm³/mol. The molecule has 0 aromatic rings. The Morgan fingerprint density at radius 2 is 2.05 bits per heavy atom. The van der Waals surface area contributed by atoms with E-state index in [-0.39, 0.29) is 12.7 Å². The zero-order valence-electron chi connectivity index (χ0n) is 13.0. The summed E-state index contributed by atoms with van der Waals surface area (Å²) in [5.74, 6) is 0.343. The number of nitrogens with two attached hydrogens (primary N) is 1. The average molecular weight is 322 g/mol. The van der Waals surface area contributed by atoms with E-state index >= 15 is 0 Å². The van der Waals surface area contributed by atoms with Crippen molar-refractivity contribution >= 4 is 16.4 Å². The Hall–Kier alpha value is -0.860. The standard InChI is InChI=1S/C13H26N2O5S/c1-13(2,3)20-12(16)15-8-4-6-11(10-15)7-5-9-19-21(14,17)18/h11H,4-10H2,1-3H3,(H2,14,17,18). The third-order valence-electron chi connectivity index (χ3n) is 3.17. The van der Waals surface area contributed by atoms with Crippen LogP contribution in [0.5, 0.6) is 0 Å². The van der Waals surface area contributed by atoms with E-state index in [1.807, 2.05) is 20.8 Å². The van der Waals surface area contributed by atoms with E-state index < -0.39 is 15.9 Å². The Morgan fingerprint density at radius 1 is 1.38 bits per heavy atom. The molecule has 1 unspecified atom stereocenters. The topological polar surface area (TPSA) is 98.9 Å². The lowest BCUT2D eigenvalue weighted by Gasteiger charge is -2.34. The van der Waals surface area contributed by atoms with Gasteiger partial charge in [-0.1, -0.05) is 0 Å². The highest BCUT2D eigenvalue weighted by Gasteiger charge is 2.27. The molecule has 1 aliphatic rings. The first-order valence-electron chi connectivity index (χ1n) is 7.22. The maximum atomic E-state index is 12.0. The Bertz CT molecular complexity index is 444. The second-order valence-corrected chi connectivity index (χ2v) is 7.61. The highest BCUT2D eigenvalue weighted by Crippen LogP contribution is 2.22. The van der Waals surface area contributed by atoms with Crippen molar-refractivity contribution < 1.29 is 22.1 Å². The van der Waals surface area contributed by atoms with Gasteiger partial charge in [0.2, 0.25) is 0 Å². The first-order chi connectivity index (χ1) is 9.57. The summed E-state index contributed by atoms with van der Waals surface area (Å²) in [6, 6.07) is 0. The molecular weight excluding hydrogens is 296 g/mol. The Morgan fingerprint density at radius 3 is 2.62 bits per heavy atom. The summed E-state index contributed by atoms with van der Waals surface area (Å²) in [4.78, 5) is 13.7. The first kappa shape index (κ1) is 18.2. The zero-order valence-corrected chi connectivity index (χ0v) is 13.8. The van der Waals surface area contributed by atoms with Crippen molar-refractivity contribution in [2.24, 2.45) is 11.1 Å². The van der Waals surface area contributed by atoms with Crippen LogP contribution in [0.3, 0.4) is 0 Å². The van der Waals surface area contributed by atoms with Crippen LogP contribution in [0.25, 0.3) is 0 Å². The molecule has 1 saturated heterocycles. The van der Waals surface area contributed by atoms with Crippen LogP contribution in [0.2, 0.25) is 0 Å².